The van der Waals surface area contributed by atoms with Gasteiger partial charge in [0.2, 0.25) is 0 Å². The van der Waals surface area contributed by atoms with Gasteiger partial charge in [-0.15, -0.1) is 0 Å². The summed E-state index contributed by atoms with van der Waals surface area (Å²) in [4.78, 5) is 10.7. The summed E-state index contributed by atoms with van der Waals surface area (Å²) in [5, 5.41) is 27.6. The first-order chi connectivity index (χ1) is 7.00. The molecule has 0 aromatic rings. The second-order valence-corrected chi connectivity index (χ2v) is 3.37. The number of rotatable bonds is 4. The van der Waals surface area contributed by atoms with Gasteiger partial charge in [0.05, 0.1) is 12.2 Å². The topological polar surface area (TPSA) is 87.0 Å². The molecule has 4 atom stereocenters. The Bertz CT molecular complexity index is 282. The predicted molar refractivity (Wildman–Crippen MR) is 51.9 cm³/mol. The fourth-order valence-electron chi connectivity index (χ4n) is 1.07. The summed E-state index contributed by atoms with van der Waals surface area (Å²) in [5.41, 5.74) is 0. The second kappa shape index (κ2) is 5.06. The molecule has 5 heteroatoms. The predicted octanol–water partition coefficient (Wildman–Crippen LogP) is -0.873. The van der Waals surface area contributed by atoms with Crippen LogP contribution in [0.25, 0.3) is 0 Å². The molecular weight excluding hydrogens is 200 g/mol. The Morgan fingerprint density at radius 3 is 2.53 bits per heavy atom. The van der Waals surface area contributed by atoms with Crippen LogP contribution >= 0.6 is 0 Å². The maximum absolute atomic E-state index is 10.7. The van der Waals surface area contributed by atoms with Gasteiger partial charge >= 0.3 is 5.97 Å². The van der Waals surface area contributed by atoms with Crippen molar-refractivity contribution in [1.82, 2.24) is 0 Å². The molecule has 0 bridgehead atoms. The zero-order valence-electron chi connectivity index (χ0n) is 8.28. The number of carbonyl (C=O) groups excluding carboxylic acids is 1. The van der Waals surface area contributed by atoms with Crippen LogP contribution in [0.1, 0.15) is 6.92 Å². The summed E-state index contributed by atoms with van der Waals surface area (Å²) in [6.07, 6.45) is 1.53. The molecule has 0 saturated heterocycles. The molecular formula is C10H14O5. The Labute approximate surface area is 87.3 Å². The molecule has 15 heavy (non-hydrogen) atoms. The minimum absolute atomic E-state index is 0.497. The van der Waals surface area contributed by atoms with Gasteiger partial charge in [-0.25, -0.2) is 4.79 Å². The molecule has 1 rings (SSSR count). The zero-order valence-corrected chi connectivity index (χ0v) is 8.28. The van der Waals surface area contributed by atoms with Crippen molar-refractivity contribution < 1.29 is 24.9 Å². The van der Waals surface area contributed by atoms with Gasteiger partial charge in [0.1, 0.15) is 6.10 Å². The number of esters is 1. The van der Waals surface area contributed by atoms with Gasteiger partial charge in [0, 0.05) is 6.08 Å². The van der Waals surface area contributed by atoms with Gasteiger partial charge in [-0.1, -0.05) is 12.2 Å². The van der Waals surface area contributed by atoms with Crippen LogP contribution in [0.5, 0.6) is 0 Å². The standard InChI is InChI=1S/C10H14O5/c1-6(11)7(12)2-3-8(13)9-4-5-10(14)15-9/h2-9,11-13H,1H3/b3-2+. The molecule has 0 radical (unpaired) electrons. The van der Waals surface area contributed by atoms with Crippen LogP contribution in [0.4, 0.5) is 0 Å². The van der Waals surface area contributed by atoms with E-state index in [0.717, 1.165) is 0 Å². The largest absolute Gasteiger partial charge is 0.452 e. The summed E-state index contributed by atoms with van der Waals surface area (Å²) in [6.45, 7) is 1.43. The number of carbonyl (C=O) groups is 1. The normalized spacial score (nSPS) is 26.7. The van der Waals surface area contributed by atoms with Crippen molar-refractivity contribution in [3.8, 4) is 0 Å². The molecule has 5 nitrogen and oxygen atoms in total. The maximum Gasteiger partial charge on any atom is 0.331 e. The molecule has 0 aliphatic carbocycles. The highest BCUT2D eigenvalue weighted by atomic mass is 16.6. The third-order valence-corrected chi connectivity index (χ3v) is 2.01. The van der Waals surface area contributed by atoms with Crippen molar-refractivity contribution in [3.63, 3.8) is 0 Å². The first-order valence-corrected chi connectivity index (χ1v) is 4.62. The lowest BCUT2D eigenvalue weighted by atomic mass is 10.1. The van der Waals surface area contributed by atoms with E-state index >= 15 is 0 Å². The molecule has 4 unspecified atom stereocenters. The van der Waals surface area contributed by atoms with E-state index in [4.69, 9.17) is 9.84 Å². The van der Waals surface area contributed by atoms with E-state index in [2.05, 4.69) is 0 Å². The average Bonchev–Trinajstić information content (AvgIpc) is 2.60. The Kier molecular flexibility index (Phi) is 4.02. The van der Waals surface area contributed by atoms with Crippen molar-refractivity contribution in [2.24, 2.45) is 0 Å². The molecule has 0 aromatic carbocycles. The SMILES string of the molecule is CC(O)C(O)/C=C/C(O)C1C=CC(=O)O1. The van der Waals surface area contributed by atoms with Gasteiger partial charge in [-0.05, 0) is 13.0 Å². The molecule has 1 aliphatic rings. The first kappa shape index (κ1) is 11.9. The van der Waals surface area contributed by atoms with Crippen LogP contribution in [0, 0.1) is 0 Å². The van der Waals surface area contributed by atoms with Gasteiger partial charge in [-0.2, -0.15) is 0 Å². The van der Waals surface area contributed by atoms with Crippen molar-refractivity contribution in [1.29, 1.82) is 0 Å². The summed E-state index contributed by atoms with van der Waals surface area (Å²) in [7, 11) is 0. The number of aliphatic hydroxyl groups is 3. The van der Waals surface area contributed by atoms with Crippen LogP contribution in [0.3, 0.4) is 0 Å². The van der Waals surface area contributed by atoms with Crippen LogP contribution in [0.15, 0.2) is 24.3 Å². The van der Waals surface area contributed by atoms with Gasteiger partial charge in [0.25, 0.3) is 0 Å². The van der Waals surface area contributed by atoms with Crippen LogP contribution < -0.4 is 0 Å². The van der Waals surface area contributed by atoms with Gasteiger partial charge in [0.15, 0.2) is 6.10 Å². The molecule has 3 N–H and O–H groups in total. The summed E-state index contributed by atoms with van der Waals surface area (Å²) < 4.78 is 4.72. The Morgan fingerprint density at radius 1 is 1.40 bits per heavy atom. The third-order valence-electron chi connectivity index (χ3n) is 2.01. The number of ether oxygens (including phenoxy) is 1. The fourth-order valence-corrected chi connectivity index (χ4v) is 1.07. The maximum atomic E-state index is 10.7. The van der Waals surface area contributed by atoms with E-state index in [9.17, 15) is 15.0 Å². The highest BCUT2D eigenvalue weighted by Crippen LogP contribution is 2.11. The lowest BCUT2D eigenvalue weighted by Gasteiger charge is -2.13. The minimum Gasteiger partial charge on any atom is -0.452 e. The van der Waals surface area contributed by atoms with Gasteiger partial charge in [-0.3, -0.25) is 0 Å². The Morgan fingerprint density at radius 2 is 2.07 bits per heavy atom. The number of cyclic esters (lactones) is 1. The monoisotopic (exact) mass is 214 g/mol. The van der Waals surface area contributed by atoms with E-state index < -0.39 is 30.4 Å². The van der Waals surface area contributed by atoms with Crippen molar-refractivity contribution in [2.75, 3.05) is 0 Å². The molecule has 0 aromatic heterocycles. The fraction of sp³-hybridized carbons (Fsp3) is 0.500. The summed E-state index contributed by atoms with van der Waals surface area (Å²) >= 11 is 0. The van der Waals surface area contributed by atoms with Crippen molar-refractivity contribution in [2.45, 2.75) is 31.3 Å². The van der Waals surface area contributed by atoms with E-state index in [0.29, 0.717) is 0 Å². The summed E-state index contributed by atoms with van der Waals surface area (Å²) in [5.74, 6) is -0.497. The molecule has 0 fully saturated rings. The highest BCUT2D eigenvalue weighted by molar-refractivity contribution is 5.84. The quantitative estimate of drug-likeness (QED) is 0.418. The number of hydrogen-bond donors (Lipinski definition) is 3. The van der Waals surface area contributed by atoms with E-state index in [-0.39, 0.29) is 0 Å². The summed E-state index contributed by atoms with van der Waals surface area (Å²) in [6, 6.07) is 0. The Hall–Kier alpha value is -1.17. The molecule has 84 valence electrons. The lowest BCUT2D eigenvalue weighted by molar-refractivity contribution is -0.141. The second-order valence-electron chi connectivity index (χ2n) is 3.37. The van der Waals surface area contributed by atoms with Crippen molar-refractivity contribution in [3.05, 3.63) is 24.3 Å². The van der Waals surface area contributed by atoms with Crippen molar-refractivity contribution >= 4 is 5.97 Å². The number of hydrogen-bond acceptors (Lipinski definition) is 5. The van der Waals surface area contributed by atoms with Crippen LogP contribution in [-0.4, -0.2) is 45.7 Å². The Balaban J connectivity index is 2.45. The molecule has 0 amide bonds. The average molecular weight is 214 g/mol. The van der Waals surface area contributed by atoms with E-state index in [1.807, 2.05) is 0 Å². The van der Waals surface area contributed by atoms with Crippen LogP contribution in [0.2, 0.25) is 0 Å². The first-order valence-electron chi connectivity index (χ1n) is 4.62. The smallest absolute Gasteiger partial charge is 0.331 e. The number of aliphatic hydroxyl groups excluding tert-OH is 3. The van der Waals surface area contributed by atoms with Crippen LogP contribution in [-0.2, 0) is 9.53 Å². The third kappa shape index (κ3) is 3.47. The minimum atomic E-state index is -1.04. The zero-order chi connectivity index (χ0) is 11.4. The molecule has 0 spiro atoms. The molecule has 1 aliphatic heterocycles. The van der Waals surface area contributed by atoms with Gasteiger partial charge < -0.3 is 20.1 Å². The highest BCUT2D eigenvalue weighted by Gasteiger charge is 2.22. The van der Waals surface area contributed by atoms with E-state index in [1.54, 1.807) is 0 Å². The molecule has 0 saturated carbocycles. The molecule has 1 heterocycles. The lowest BCUT2D eigenvalue weighted by Crippen LogP contribution is -2.25. The van der Waals surface area contributed by atoms with E-state index in [1.165, 1.54) is 31.2 Å².